The molecule has 0 fully saturated rings. The first kappa shape index (κ1) is 9.23. The van der Waals surface area contributed by atoms with E-state index in [-0.39, 0.29) is 0 Å². The van der Waals surface area contributed by atoms with Gasteiger partial charge in [-0.2, -0.15) is 0 Å². The molecule has 1 aromatic rings. The Morgan fingerprint density at radius 3 is 3.07 bits per heavy atom. The minimum Gasteiger partial charge on any atom is -0.0837 e. The topological polar surface area (TPSA) is 0 Å². The summed E-state index contributed by atoms with van der Waals surface area (Å²) >= 11 is 6.18. The first-order chi connectivity index (χ1) is 7.29. The second kappa shape index (κ2) is 3.24. The van der Waals surface area contributed by atoms with Gasteiger partial charge in [-0.1, -0.05) is 36.7 Å². The molecule has 15 heavy (non-hydrogen) atoms. The maximum absolute atomic E-state index is 6.18. The van der Waals surface area contributed by atoms with Crippen molar-refractivity contribution in [2.45, 2.75) is 19.8 Å². The standard InChI is InChI=1S/C14H13Cl/c1-2-9-6-10-8-13-11(12(10)7-9)4-3-5-14(13)15/h3-5,7-9H,2,6H2,1H3. The maximum Gasteiger partial charge on any atom is 0.0484 e. The molecule has 1 heteroatoms. The number of allylic oxidation sites excluding steroid dienone is 3. The van der Waals surface area contributed by atoms with Crippen LogP contribution < -0.4 is 0 Å². The lowest BCUT2D eigenvalue weighted by molar-refractivity contribution is 0.650. The van der Waals surface area contributed by atoms with E-state index in [1.165, 1.54) is 35.1 Å². The highest BCUT2D eigenvalue weighted by atomic mass is 35.5. The molecule has 0 N–H and O–H groups in total. The molecule has 0 aliphatic heterocycles. The first-order valence-electron chi connectivity index (χ1n) is 5.51. The van der Waals surface area contributed by atoms with E-state index in [0.29, 0.717) is 0 Å². The average Bonchev–Trinajstić information content (AvgIpc) is 2.76. The Morgan fingerprint density at radius 2 is 2.27 bits per heavy atom. The SMILES string of the molecule is CCC1C=C2C(=Cc3c(Cl)cccc32)C1. The Kier molecular flexibility index (Phi) is 2.00. The summed E-state index contributed by atoms with van der Waals surface area (Å²) < 4.78 is 0. The number of rotatable bonds is 1. The van der Waals surface area contributed by atoms with Crippen molar-refractivity contribution in [2.75, 3.05) is 0 Å². The molecule has 2 aliphatic rings. The van der Waals surface area contributed by atoms with Gasteiger partial charge in [-0.25, -0.2) is 0 Å². The third-order valence-corrected chi connectivity index (χ3v) is 3.75. The van der Waals surface area contributed by atoms with Crippen LogP contribution in [0.4, 0.5) is 0 Å². The normalized spacial score (nSPS) is 22.1. The van der Waals surface area contributed by atoms with Crippen molar-refractivity contribution in [3.05, 3.63) is 46.0 Å². The van der Waals surface area contributed by atoms with Crippen molar-refractivity contribution in [2.24, 2.45) is 5.92 Å². The second-order valence-electron chi connectivity index (χ2n) is 4.32. The lowest BCUT2D eigenvalue weighted by atomic mass is 10.0. The molecule has 0 amide bonds. The van der Waals surface area contributed by atoms with Crippen LogP contribution in [-0.4, -0.2) is 0 Å². The first-order valence-corrected chi connectivity index (χ1v) is 5.89. The van der Waals surface area contributed by atoms with Gasteiger partial charge in [0.05, 0.1) is 0 Å². The van der Waals surface area contributed by atoms with Gasteiger partial charge in [-0.15, -0.1) is 0 Å². The van der Waals surface area contributed by atoms with Crippen molar-refractivity contribution in [1.82, 2.24) is 0 Å². The van der Waals surface area contributed by atoms with E-state index in [1.807, 2.05) is 12.1 Å². The number of halogens is 1. The fourth-order valence-corrected chi connectivity index (χ4v) is 2.78. The predicted molar refractivity (Wildman–Crippen MR) is 65.8 cm³/mol. The minimum atomic E-state index is 0.735. The van der Waals surface area contributed by atoms with Crippen LogP contribution in [0.15, 0.2) is 29.8 Å². The van der Waals surface area contributed by atoms with Gasteiger partial charge in [0.2, 0.25) is 0 Å². The summed E-state index contributed by atoms with van der Waals surface area (Å²) in [6.07, 6.45) is 7.10. The van der Waals surface area contributed by atoms with Gasteiger partial charge in [0.1, 0.15) is 0 Å². The molecule has 0 spiro atoms. The number of hydrogen-bond donors (Lipinski definition) is 0. The van der Waals surface area contributed by atoms with Gasteiger partial charge in [0.25, 0.3) is 0 Å². The van der Waals surface area contributed by atoms with Crippen LogP contribution in [0.1, 0.15) is 30.9 Å². The number of benzene rings is 1. The Morgan fingerprint density at radius 1 is 1.40 bits per heavy atom. The predicted octanol–water partition coefficient (Wildman–Crippen LogP) is 4.55. The van der Waals surface area contributed by atoms with Gasteiger partial charge in [0, 0.05) is 10.6 Å². The lowest BCUT2D eigenvalue weighted by Crippen LogP contribution is -1.87. The Bertz CT molecular complexity index is 480. The molecule has 3 rings (SSSR count). The summed E-state index contributed by atoms with van der Waals surface area (Å²) in [6.45, 7) is 2.25. The van der Waals surface area contributed by atoms with E-state index in [1.54, 1.807) is 0 Å². The van der Waals surface area contributed by atoms with E-state index >= 15 is 0 Å². The van der Waals surface area contributed by atoms with Crippen LogP contribution in [0, 0.1) is 5.92 Å². The fourth-order valence-electron chi connectivity index (χ4n) is 2.55. The van der Waals surface area contributed by atoms with Crippen molar-refractivity contribution in [3.63, 3.8) is 0 Å². The largest absolute Gasteiger partial charge is 0.0837 e. The van der Waals surface area contributed by atoms with Gasteiger partial charge in [-0.3, -0.25) is 0 Å². The van der Waals surface area contributed by atoms with Gasteiger partial charge < -0.3 is 0 Å². The van der Waals surface area contributed by atoms with Gasteiger partial charge >= 0.3 is 0 Å². The Labute approximate surface area is 95.3 Å². The van der Waals surface area contributed by atoms with Crippen LogP contribution in [0.3, 0.4) is 0 Å². The molecule has 1 atom stereocenters. The van der Waals surface area contributed by atoms with Crippen LogP contribution in [0.5, 0.6) is 0 Å². The van der Waals surface area contributed by atoms with Gasteiger partial charge in [0.15, 0.2) is 0 Å². The molecule has 2 aliphatic carbocycles. The van der Waals surface area contributed by atoms with Gasteiger partial charge in [-0.05, 0) is 47.6 Å². The Hall–Kier alpha value is -1.01. The molecule has 0 radical (unpaired) electrons. The molecule has 0 aromatic heterocycles. The number of hydrogen-bond acceptors (Lipinski definition) is 0. The smallest absolute Gasteiger partial charge is 0.0484 e. The molecule has 76 valence electrons. The van der Waals surface area contributed by atoms with E-state index in [4.69, 9.17) is 11.6 Å². The molecule has 0 saturated carbocycles. The number of fused-ring (bicyclic) bond motifs is 3. The average molecular weight is 217 g/mol. The monoisotopic (exact) mass is 216 g/mol. The van der Waals surface area contributed by atoms with Crippen molar-refractivity contribution in [3.8, 4) is 0 Å². The third kappa shape index (κ3) is 1.28. The van der Waals surface area contributed by atoms with Crippen LogP contribution >= 0.6 is 11.6 Å². The zero-order valence-electron chi connectivity index (χ0n) is 8.76. The third-order valence-electron chi connectivity index (χ3n) is 3.42. The van der Waals surface area contributed by atoms with Crippen molar-refractivity contribution >= 4 is 23.3 Å². The van der Waals surface area contributed by atoms with Crippen molar-refractivity contribution in [1.29, 1.82) is 0 Å². The summed E-state index contributed by atoms with van der Waals surface area (Å²) in [5.74, 6) is 0.735. The highest BCUT2D eigenvalue weighted by Gasteiger charge is 2.27. The van der Waals surface area contributed by atoms with E-state index in [9.17, 15) is 0 Å². The summed E-state index contributed by atoms with van der Waals surface area (Å²) in [5.41, 5.74) is 5.45. The summed E-state index contributed by atoms with van der Waals surface area (Å²) in [5, 5.41) is 0.878. The molecule has 0 saturated heterocycles. The quantitative estimate of drug-likeness (QED) is 0.646. The molecule has 1 aromatic carbocycles. The molecule has 0 heterocycles. The van der Waals surface area contributed by atoms with E-state index in [2.05, 4.69) is 25.1 Å². The van der Waals surface area contributed by atoms with Crippen LogP contribution in [-0.2, 0) is 0 Å². The molecule has 1 unspecified atom stereocenters. The lowest BCUT2D eigenvalue weighted by Gasteiger charge is -2.02. The van der Waals surface area contributed by atoms with Crippen LogP contribution in [0.25, 0.3) is 11.6 Å². The maximum atomic E-state index is 6.18. The molecule has 0 nitrogen and oxygen atoms in total. The minimum absolute atomic E-state index is 0.735. The second-order valence-corrected chi connectivity index (χ2v) is 4.73. The fraction of sp³-hybridized carbons (Fsp3) is 0.286. The summed E-state index contributed by atoms with van der Waals surface area (Å²) in [7, 11) is 0. The highest BCUT2D eigenvalue weighted by Crippen LogP contribution is 2.46. The summed E-state index contributed by atoms with van der Waals surface area (Å²) in [4.78, 5) is 0. The zero-order chi connectivity index (χ0) is 10.4. The van der Waals surface area contributed by atoms with Crippen molar-refractivity contribution < 1.29 is 0 Å². The Balaban J connectivity index is 2.14. The van der Waals surface area contributed by atoms with E-state index in [0.717, 1.165) is 10.9 Å². The molecular formula is C14H13Cl. The van der Waals surface area contributed by atoms with E-state index < -0.39 is 0 Å². The molecule has 0 bridgehead atoms. The highest BCUT2D eigenvalue weighted by molar-refractivity contribution is 6.33. The van der Waals surface area contributed by atoms with Crippen LogP contribution in [0.2, 0.25) is 5.02 Å². The summed E-state index contributed by atoms with van der Waals surface area (Å²) in [6, 6.07) is 6.18. The molecular weight excluding hydrogens is 204 g/mol. The zero-order valence-corrected chi connectivity index (χ0v) is 9.51.